The lowest BCUT2D eigenvalue weighted by atomic mass is 9.98. The molecule has 0 spiro atoms. The molecule has 12 heteroatoms. The Morgan fingerprint density at radius 1 is 1.09 bits per heavy atom. The highest BCUT2D eigenvalue weighted by Crippen LogP contribution is 2.37. The molecule has 0 aliphatic carbocycles. The van der Waals surface area contributed by atoms with Crippen LogP contribution >= 0.6 is 23.2 Å². The number of halogens is 5. The summed E-state index contributed by atoms with van der Waals surface area (Å²) in [5, 5.41) is 3.27. The van der Waals surface area contributed by atoms with Gasteiger partial charge in [-0.2, -0.15) is 13.2 Å². The van der Waals surface area contributed by atoms with Crippen molar-refractivity contribution in [1.29, 1.82) is 0 Å². The Morgan fingerprint density at radius 2 is 1.71 bits per heavy atom. The summed E-state index contributed by atoms with van der Waals surface area (Å²) in [5.74, 6) is -0.321. The van der Waals surface area contributed by atoms with Gasteiger partial charge in [0.25, 0.3) is 10.0 Å². The van der Waals surface area contributed by atoms with E-state index in [-0.39, 0.29) is 20.9 Å². The molecule has 0 atom stereocenters. The molecule has 186 valence electrons. The second-order valence-electron chi connectivity index (χ2n) is 8.10. The van der Waals surface area contributed by atoms with E-state index in [1.807, 2.05) is 0 Å². The van der Waals surface area contributed by atoms with Crippen molar-refractivity contribution in [1.82, 2.24) is 10.2 Å². The number of nitrogens with one attached hydrogen (secondary N) is 1. The van der Waals surface area contributed by atoms with Crippen LogP contribution in [0.25, 0.3) is 0 Å². The third kappa shape index (κ3) is 6.35. The zero-order chi connectivity index (χ0) is 25.1. The summed E-state index contributed by atoms with van der Waals surface area (Å²) in [6.07, 6.45) is -3.00. The molecule has 1 N–H and O–H groups in total. The van der Waals surface area contributed by atoms with E-state index in [4.69, 9.17) is 23.2 Å². The predicted molar refractivity (Wildman–Crippen MR) is 126 cm³/mol. The number of amides is 1. The van der Waals surface area contributed by atoms with Crippen LogP contribution < -0.4 is 9.62 Å². The number of carbonyl (C=O) groups is 1. The molecule has 1 aliphatic heterocycles. The largest absolute Gasteiger partial charge is 0.416 e. The van der Waals surface area contributed by atoms with Crippen molar-refractivity contribution < 1.29 is 26.4 Å². The first-order chi connectivity index (χ1) is 15.9. The van der Waals surface area contributed by atoms with E-state index in [0.29, 0.717) is 16.9 Å². The van der Waals surface area contributed by atoms with Crippen LogP contribution in [-0.4, -0.2) is 52.5 Å². The fourth-order valence-corrected chi connectivity index (χ4v) is 5.53. The molecule has 3 rings (SSSR count). The van der Waals surface area contributed by atoms with Gasteiger partial charge in [-0.15, -0.1) is 0 Å². The van der Waals surface area contributed by atoms with Crippen molar-refractivity contribution in [3.8, 4) is 0 Å². The molecule has 0 radical (unpaired) electrons. The summed E-state index contributed by atoms with van der Waals surface area (Å²) < 4.78 is 67.7. The summed E-state index contributed by atoms with van der Waals surface area (Å²) in [4.78, 5) is 14.2. The minimum atomic E-state index is -4.73. The van der Waals surface area contributed by atoms with E-state index >= 15 is 0 Å². The normalized spacial score (nSPS) is 15.2. The number of anilines is 1. The van der Waals surface area contributed by atoms with Crippen molar-refractivity contribution in [3.05, 3.63) is 58.1 Å². The lowest BCUT2D eigenvalue weighted by molar-refractivity contribution is -0.137. The van der Waals surface area contributed by atoms with Gasteiger partial charge >= 0.3 is 6.18 Å². The number of sulfonamides is 1. The maximum Gasteiger partial charge on any atom is 0.416 e. The predicted octanol–water partition coefficient (Wildman–Crippen LogP) is 4.67. The molecule has 1 fully saturated rings. The van der Waals surface area contributed by atoms with Gasteiger partial charge in [0, 0.05) is 18.6 Å². The third-order valence-corrected chi connectivity index (χ3v) is 7.98. The van der Waals surface area contributed by atoms with Crippen LogP contribution in [0.5, 0.6) is 0 Å². The first kappa shape index (κ1) is 26.6. The lowest BCUT2D eigenvalue weighted by Gasteiger charge is -2.30. The highest BCUT2D eigenvalue weighted by Gasteiger charge is 2.35. The fourth-order valence-electron chi connectivity index (χ4n) is 3.71. The van der Waals surface area contributed by atoms with Gasteiger partial charge < -0.3 is 10.2 Å². The molecule has 2 aromatic carbocycles. The maximum absolute atomic E-state index is 13.5. The molecule has 1 aliphatic rings. The van der Waals surface area contributed by atoms with Gasteiger partial charge in [-0.1, -0.05) is 23.2 Å². The molecule has 0 saturated carbocycles. The molecule has 1 saturated heterocycles. The summed E-state index contributed by atoms with van der Waals surface area (Å²) >= 11 is 12.0. The number of benzene rings is 2. The molecule has 1 amide bonds. The summed E-state index contributed by atoms with van der Waals surface area (Å²) in [6.45, 7) is 1.34. The number of likely N-dealkylation sites (N-methyl/N-ethyl adjacent to an activating group) is 1. The summed E-state index contributed by atoms with van der Waals surface area (Å²) in [5.41, 5.74) is -1.52. The molecule has 2 aromatic rings. The van der Waals surface area contributed by atoms with Gasteiger partial charge in [0.15, 0.2) is 0 Å². The van der Waals surface area contributed by atoms with Crippen LogP contribution in [0, 0.1) is 5.92 Å². The van der Waals surface area contributed by atoms with Crippen molar-refractivity contribution in [2.24, 2.45) is 5.92 Å². The van der Waals surface area contributed by atoms with Gasteiger partial charge in [0.2, 0.25) is 5.91 Å². The minimum Gasteiger partial charge on any atom is -0.344 e. The Kier molecular flexibility index (Phi) is 8.38. The molecular weight excluding hydrogens is 514 g/mol. The SMILES string of the molecule is CN(CC1CCNCC1)C(=O)CN(c1cc(C(F)(F)F)ccc1Cl)S(=O)(=O)c1ccc(Cl)cc1. The zero-order valence-corrected chi connectivity index (χ0v) is 20.6. The molecule has 0 unspecified atom stereocenters. The van der Waals surface area contributed by atoms with E-state index in [2.05, 4.69) is 5.32 Å². The Hall–Kier alpha value is -2.01. The Labute approximate surface area is 206 Å². The Balaban J connectivity index is 1.99. The summed E-state index contributed by atoms with van der Waals surface area (Å²) in [7, 11) is -2.91. The van der Waals surface area contributed by atoms with Gasteiger partial charge in [-0.25, -0.2) is 8.42 Å². The number of hydrogen-bond donors (Lipinski definition) is 1. The van der Waals surface area contributed by atoms with E-state index in [1.165, 1.54) is 29.2 Å². The van der Waals surface area contributed by atoms with Crippen LogP contribution in [0.3, 0.4) is 0 Å². The van der Waals surface area contributed by atoms with E-state index in [0.717, 1.165) is 38.1 Å². The van der Waals surface area contributed by atoms with Crippen LogP contribution in [0.4, 0.5) is 18.9 Å². The number of piperidine rings is 1. The average molecular weight is 538 g/mol. The van der Waals surface area contributed by atoms with E-state index in [9.17, 15) is 26.4 Å². The number of rotatable bonds is 7. The molecule has 6 nitrogen and oxygen atoms in total. The van der Waals surface area contributed by atoms with E-state index < -0.39 is 39.9 Å². The zero-order valence-electron chi connectivity index (χ0n) is 18.3. The smallest absolute Gasteiger partial charge is 0.344 e. The minimum absolute atomic E-state index is 0.237. The first-order valence-corrected chi connectivity index (χ1v) is 12.7. The first-order valence-electron chi connectivity index (χ1n) is 10.5. The quantitative estimate of drug-likeness (QED) is 0.557. The molecular formula is C22H24Cl2F3N3O3S. The topological polar surface area (TPSA) is 69.7 Å². The molecule has 34 heavy (non-hydrogen) atoms. The molecule has 0 aromatic heterocycles. The number of nitrogens with zero attached hydrogens (tertiary/aromatic N) is 2. The number of hydrogen-bond acceptors (Lipinski definition) is 4. The van der Waals surface area contributed by atoms with Crippen molar-refractivity contribution >= 4 is 44.8 Å². The number of alkyl halides is 3. The third-order valence-electron chi connectivity index (χ3n) is 5.64. The second kappa shape index (κ2) is 10.7. The van der Waals surface area contributed by atoms with Crippen molar-refractivity contribution in [2.75, 3.05) is 37.5 Å². The highest BCUT2D eigenvalue weighted by molar-refractivity contribution is 7.92. The summed E-state index contributed by atoms with van der Waals surface area (Å²) in [6, 6.07) is 7.47. The fraction of sp³-hybridized carbons (Fsp3) is 0.409. The van der Waals surface area contributed by atoms with Gasteiger partial charge in [0.1, 0.15) is 6.54 Å². The average Bonchev–Trinajstić information content (AvgIpc) is 2.78. The van der Waals surface area contributed by atoms with Crippen LogP contribution in [0.2, 0.25) is 10.0 Å². The van der Waals surface area contributed by atoms with Gasteiger partial charge in [0.05, 0.1) is 21.2 Å². The molecule has 1 heterocycles. The monoisotopic (exact) mass is 537 g/mol. The maximum atomic E-state index is 13.5. The standard InChI is InChI=1S/C22H24Cl2F3N3O3S/c1-29(13-15-8-10-28-11-9-15)21(31)14-30(34(32,33)18-5-3-17(23)4-6-18)20-12-16(22(25,26)27)2-7-19(20)24/h2-7,12,15,28H,8-11,13-14H2,1H3. The lowest BCUT2D eigenvalue weighted by Crippen LogP contribution is -2.44. The Bertz CT molecular complexity index is 1120. The van der Waals surface area contributed by atoms with Gasteiger partial charge in [-0.3, -0.25) is 9.10 Å². The van der Waals surface area contributed by atoms with E-state index in [1.54, 1.807) is 7.05 Å². The van der Waals surface area contributed by atoms with Crippen LogP contribution in [0.1, 0.15) is 18.4 Å². The number of carbonyl (C=O) groups excluding carboxylic acids is 1. The van der Waals surface area contributed by atoms with Crippen LogP contribution in [0.15, 0.2) is 47.4 Å². The van der Waals surface area contributed by atoms with Crippen molar-refractivity contribution in [2.45, 2.75) is 23.9 Å². The molecule has 0 bridgehead atoms. The van der Waals surface area contributed by atoms with Gasteiger partial charge in [-0.05, 0) is 74.3 Å². The van der Waals surface area contributed by atoms with Crippen molar-refractivity contribution in [3.63, 3.8) is 0 Å². The Morgan fingerprint density at radius 3 is 2.29 bits per heavy atom. The second-order valence-corrected chi connectivity index (χ2v) is 10.8. The highest BCUT2D eigenvalue weighted by atomic mass is 35.5. The van der Waals surface area contributed by atoms with Crippen LogP contribution in [-0.2, 0) is 21.0 Å².